The van der Waals surface area contributed by atoms with Crippen LogP contribution in [-0.4, -0.2) is 25.1 Å². The van der Waals surface area contributed by atoms with Gasteiger partial charge in [0.2, 0.25) is 0 Å². The van der Waals surface area contributed by atoms with E-state index < -0.39 is 10.0 Å². The molecule has 0 saturated heterocycles. The fourth-order valence-corrected chi connectivity index (χ4v) is 3.20. The van der Waals surface area contributed by atoms with Gasteiger partial charge in [0, 0.05) is 12.7 Å². The highest BCUT2D eigenvalue weighted by Gasteiger charge is 2.22. The summed E-state index contributed by atoms with van der Waals surface area (Å²) in [5.74, 6) is 0.651. The van der Waals surface area contributed by atoms with E-state index in [1.54, 1.807) is 32.4 Å². The molecule has 0 amide bonds. The number of sulfonamides is 1. The second-order valence-corrected chi connectivity index (χ2v) is 5.93. The van der Waals surface area contributed by atoms with Crippen LogP contribution in [0, 0.1) is 6.92 Å². The van der Waals surface area contributed by atoms with E-state index in [0.29, 0.717) is 11.4 Å². The molecule has 2 aromatic rings. The Kier molecular flexibility index (Phi) is 3.58. The van der Waals surface area contributed by atoms with E-state index >= 15 is 0 Å². The van der Waals surface area contributed by atoms with Crippen molar-refractivity contribution >= 4 is 21.5 Å². The second kappa shape index (κ2) is 5.04. The molecule has 108 valence electrons. The number of methoxy groups -OCH3 is 1. The van der Waals surface area contributed by atoms with Crippen LogP contribution in [0.2, 0.25) is 0 Å². The van der Waals surface area contributed by atoms with Crippen LogP contribution in [0.4, 0.5) is 11.5 Å². The van der Waals surface area contributed by atoms with E-state index in [2.05, 4.69) is 9.71 Å². The molecule has 0 fully saturated rings. The summed E-state index contributed by atoms with van der Waals surface area (Å²) in [6.45, 7) is 1.83. The van der Waals surface area contributed by atoms with Gasteiger partial charge in [-0.1, -0.05) is 0 Å². The third-order valence-electron chi connectivity index (χ3n) is 2.81. The van der Waals surface area contributed by atoms with Crippen molar-refractivity contribution in [1.82, 2.24) is 9.55 Å². The summed E-state index contributed by atoms with van der Waals surface area (Å²) in [5.41, 5.74) is 6.84. The van der Waals surface area contributed by atoms with Crippen LogP contribution in [0.3, 0.4) is 0 Å². The highest BCUT2D eigenvalue weighted by molar-refractivity contribution is 7.92. The number of nitrogens with two attached hydrogens (primary N) is 1. The number of benzene rings is 1. The highest BCUT2D eigenvalue weighted by atomic mass is 32.2. The third-order valence-corrected chi connectivity index (χ3v) is 4.32. The highest BCUT2D eigenvalue weighted by Crippen LogP contribution is 2.24. The van der Waals surface area contributed by atoms with Gasteiger partial charge in [0.05, 0.1) is 13.4 Å². The van der Waals surface area contributed by atoms with Gasteiger partial charge in [0.25, 0.3) is 10.0 Å². The first-order chi connectivity index (χ1) is 9.35. The number of rotatable bonds is 4. The van der Waals surface area contributed by atoms with Crippen LogP contribution in [0.15, 0.2) is 29.6 Å². The van der Waals surface area contributed by atoms with Crippen molar-refractivity contribution < 1.29 is 13.2 Å². The number of anilines is 2. The normalized spacial score (nSPS) is 11.3. The summed E-state index contributed by atoms with van der Waals surface area (Å²) in [6, 6.07) is 5.00. The van der Waals surface area contributed by atoms with Crippen LogP contribution in [-0.2, 0) is 17.1 Å². The van der Waals surface area contributed by atoms with E-state index in [4.69, 9.17) is 10.5 Å². The number of imidazole rings is 1. The topological polar surface area (TPSA) is 99.2 Å². The monoisotopic (exact) mass is 296 g/mol. The number of nitrogen functional groups attached to an aromatic ring is 1. The molecule has 0 unspecified atom stereocenters. The quantitative estimate of drug-likeness (QED) is 0.880. The van der Waals surface area contributed by atoms with Crippen molar-refractivity contribution in [3.05, 3.63) is 30.1 Å². The molecule has 0 bridgehead atoms. The molecule has 0 aliphatic rings. The molecule has 1 aromatic carbocycles. The summed E-state index contributed by atoms with van der Waals surface area (Å²) < 4.78 is 33.5. The van der Waals surface area contributed by atoms with Gasteiger partial charge in [-0.15, -0.1) is 0 Å². The number of nitrogens with one attached hydrogen (secondary N) is 1. The Bertz CT molecular complexity index is 718. The first-order valence-electron chi connectivity index (χ1n) is 5.79. The van der Waals surface area contributed by atoms with Gasteiger partial charge in [-0.2, -0.15) is 8.42 Å². The van der Waals surface area contributed by atoms with E-state index in [1.165, 1.54) is 10.9 Å². The number of ether oxygens (including phenoxy) is 1. The van der Waals surface area contributed by atoms with E-state index in [1.807, 2.05) is 6.92 Å². The maximum atomic E-state index is 12.3. The SMILES string of the molecule is COc1ccc(NS(=O)(=O)c2c(N)ncn2C)cc1C. The van der Waals surface area contributed by atoms with Crippen molar-refractivity contribution in [3.63, 3.8) is 0 Å². The molecule has 20 heavy (non-hydrogen) atoms. The summed E-state index contributed by atoms with van der Waals surface area (Å²) in [4.78, 5) is 3.77. The molecule has 7 nitrogen and oxygen atoms in total. The lowest BCUT2D eigenvalue weighted by Crippen LogP contribution is -2.17. The largest absolute Gasteiger partial charge is 0.496 e. The zero-order chi connectivity index (χ0) is 14.9. The fraction of sp³-hybridized carbons (Fsp3) is 0.250. The lowest BCUT2D eigenvalue weighted by Gasteiger charge is -2.11. The Morgan fingerprint density at radius 1 is 1.40 bits per heavy atom. The summed E-state index contributed by atoms with van der Waals surface area (Å²) in [5, 5.41) is -0.0639. The van der Waals surface area contributed by atoms with Crippen LogP contribution < -0.4 is 15.2 Å². The Morgan fingerprint density at radius 3 is 2.60 bits per heavy atom. The molecule has 1 heterocycles. The van der Waals surface area contributed by atoms with Gasteiger partial charge >= 0.3 is 0 Å². The smallest absolute Gasteiger partial charge is 0.281 e. The molecule has 3 N–H and O–H groups in total. The second-order valence-electron chi connectivity index (χ2n) is 4.34. The number of nitrogens with zero attached hydrogens (tertiary/aromatic N) is 2. The molecule has 1 aromatic heterocycles. The van der Waals surface area contributed by atoms with Crippen molar-refractivity contribution in [2.24, 2.45) is 7.05 Å². The van der Waals surface area contributed by atoms with Crippen molar-refractivity contribution in [3.8, 4) is 5.75 Å². The molecule has 8 heteroatoms. The maximum Gasteiger partial charge on any atom is 0.281 e. The van der Waals surface area contributed by atoms with E-state index in [-0.39, 0.29) is 10.8 Å². The first kappa shape index (κ1) is 14.2. The lowest BCUT2D eigenvalue weighted by atomic mass is 10.2. The van der Waals surface area contributed by atoms with Gasteiger partial charge < -0.3 is 15.0 Å². The average Bonchev–Trinajstić information content (AvgIpc) is 2.69. The lowest BCUT2D eigenvalue weighted by molar-refractivity contribution is 0.412. The Hall–Kier alpha value is -2.22. The van der Waals surface area contributed by atoms with Crippen LogP contribution in [0.25, 0.3) is 0 Å². The van der Waals surface area contributed by atoms with Gasteiger partial charge in [0.15, 0.2) is 10.8 Å². The molecule has 0 atom stereocenters. The minimum Gasteiger partial charge on any atom is -0.496 e. The molecule has 0 aliphatic heterocycles. The zero-order valence-electron chi connectivity index (χ0n) is 11.4. The molecular formula is C12H16N4O3S. The van der Waals surface area contributed by atoms with Gasteiger partial charge in [-0.25, -0.2) is 4.98 Å². The Labute approximate surface area is 117 Å². The number of aromatic nitrogens is 2. The van der Waals surface area contributed by atoms with Crippen LogP contribution >= 0.6 is 0 Å². The number of aryl methyl sites for hydroxylation is 2. The van der Waals surface area contributed by atoms with E-state index in [9.17, 15) is 8.42 Å². The predicted molar refractivity (Wildman–Crippen MR) is 76.2 cm³/mol. The van der Waals surface area contributed by atoms with Crippen molar-refractivity contribution in [2.45, 2.75) is 11.9 Å². The number of hydrogen-bond donors (Lipinski definition) is 2. The first-order valence-corrected chi connectivity index (χ1v) is 7.27. The van der Waals surface area contributed by atoms with E-state index in [0.717, 1.165) is 5.56 Å². The van der Waals surface area contributed by atoms with Gasteiger partial charge in [-0.3, -0.25) is 4.72 Å². The van der Waals surface area contributed by atoms with Crippen molar-refractivity contribution in [2.75, 3.05) is 17.6 Å². The van der Waals surface area contributed by atoms with Crippen LogP contribution in [0.5, 0.6) is 5.75 Å². The summed E-state index contributed by atoms with van der Waals surface area (Å²) in [7, 11) is -0.658. The number of hydrogen-bond acceptors (Lipinski definition) is 5. The fourth-order valence-electron chi connectivity index (χ4n) is 1.91. The zero-order valence-corrected chi connectivity index (χ0v) is 12.2. The molecule has 0 aliphatic carbocycles. The molecule has 0 saturated carbocycles. The van der Waals surface area contributed by atoms with Gasteiger partial charge in [0.1, 0.15) is 5.75 Å². The molecule has 0 radical (unpaired) electrons. The summed E-state index contributed by atoms with van der Waals surface area (Å²) >= 11 is 0. The maximum absolute atomic E-state index is 12.3. The predicted octanol–water partition coefficient (Wildman–Crippen LogP) is 1.12. The minimum atomic E-state index is -3.78. The molecular weight excluding hydrogens is 280 g/mol. The third kappa shape index (κ3) is 2.55. The standard InChI is InChI=1S/C12H16N4O3S/c1-8-6-9(4-5-10(8)19-3)15-20(17,18)12-11(13)14-7-16(12)2/h4-7,15H,13H2,1-3H3. The average molecular weight is 296 g/mol. The Morgan fingerprint density at radius 2 is 2.10 bits per heavy atom. The molecule has 2 rings (SSSR count). The summed E-state index contributed by atoms with van der Waals surface area (Å²) in [6.07, 6.45) is 1.35. The Balaban J connectivity index is 2.36. The van der Waals surface area contributed by atoms with Crippen LogP contribution in [0.1, 0.15) is 5.56 Å². The minimum absolute atomic E-state index is 0.0368. The molecule has 0 spiro atoms. The van der Waals surface area contributed by atoms with Crippen molar-refractivity contribution in [1.29, 1.82) is 0 Å². The van der Waals surface area contributed by atoms with Gasteiger partial charge in [-0.05, 0) is 30.7 Å².